The molecule has 0 aliphatic rings. The summed E-state index contributed by atoms with van der Waals surface area (Å²) in [5.74, 6) is 0. The topological polar surface area (TPSA) is 20.2 Å². The zero-order chi connectivity index (χ0) is 16.2. The maximum absolute atomic E-state index is 11.0. The highest BCUT2D eigenvalue weighted by molar-refractivity contribution is 6.90. The van der Waals surface area contributed by atoms with Gasteiger partial charge >= 0.3 is 0 Å². The molecule has 1 atom stereocenters. The van der Waals surface area contributed by atoms with Crippen molar-refractivity contribution in [2.24, 2.45) is 0 Å². The molecule has 1 unspecified atom stereocenters. The highest BCUT2D eigenvalue weighted by atomic mass is 28.3. The molecule has 1 aromatic rings. The Balaban J connectivity index is 3.44. The summed E-state index contributed by atoms with van der Waals surface area (Å²) < 4.78 is 0. The molecule has 1 rings (SSSR count). The summed E-state index contributed by atoms with van der Waals surface area (Å²) in [5, 5.41) is 12.0. The Kier molecular flexibility index (Phi) is 6.21. The molecule has 0 heterocycles. The van der Waals surface area contributed by atoms with Crippen molar-refractivity contribution in [3.63, 3.8) is 0 Å². The Morgan fingerprint density at radius 2 is 1.38 bits per heavy atom. The molecule has 0 fully saturated rings. The van der Waals surface area contributed by atoms with Gasteiger partial charge in [-0.15, -0.1) is 5.73 Å². The molecule has 0 bridgehead atoms. The minimum atomic E-state index is -1.91. The van der Waals surface area contributed by atoms with Crippen LogP contribution in [-0.2, 0) is 0 Å². The lowest BCUT2D eigenvalue weighted by atomic mass is 10.1. The summed E-state index contributed by atoms with van der Waals surface area (Å²) in [6, 6.07) is 9.90. The van der Waals surface area contributed by atoms with Crippen LogP contribution in [0.1, 0.15) is 53.2 Å². The van der Waals surface area contributed by atoms with Crippen molar-refractivity contribution in [2.45, 2.75) is 64.3 Å². The molecule has 0 spiro atoms. The maximum Gasteiger partial charge on any atom is 0.104 e. The van der Waals surface area contributed by atoms with Crippen molar-refractivity contribution in [1.29, 1.82) is 0 Å². The standard InChI is InChI=1S/C19H30OSi/c1-8-18(19(20)17-12-10-9-11-13-17)21(14(2)3,15(4)5)16(6)7/h9-16,19-20H,1H2,2-7H3. The van der Waals surface area contributed by atoms with E-state index in [1.54, 1.807) is 0 Å². The molecule has 0 radical (unpaired) electrons. The molecule has 0 saturated carbocycles. The van der Waals surface area contributed by atoms with Crippen molar-refractivity contribution in [1.82, 2.24) is 0 Å². The Hall–Kier alpha value is -1.08. The van der Waals surface area contributed by atoms with E-state index in [1.165, 1.54) is 0 Å². The van der Waals surface area contributed by atoms with Crippen LogP contribution < -0.4 is 0 Å². The smallest absolute Gasteiger partial charge is 0.104 e. The molecular formula is C19H30OSi. The second-order valence-corrected chi connectivity index (χ2v) is 12.7. The van der Waals surface area contributed by atoms with Crippen LogP contribution in [0.2, 0.25) is 16.6 Å². The van der Waals surface area contributed by atoms with E-state index in [4.69, 9.17) is 0 Å². The summed E-state index contributed by atoms with van der Waals surface area (Å²) in [4.78, 5) is 0. The lowest BCUT2D eigenvalue weighted by Crippen LogP contribution is -2.48. The summed E-state index contributed by atoms with van der Waals surface area (Å²) >= 11 is 0. The minimum Gasteiger partial charge on any atom is -0.384 e. The number of hydrogen-bond acceptors (Lipinski definition) is 1. The van der Waals surface area contributed by atoms with Gasteiger partial charge in [0.2, 0.25) is 0 Å². The van der Waals surface area contributed by atoms with Crippen LogP contribution >= 0.6 is 0 Å². The number of aliphatic hydroxyl groups excluding tert-OH is 1. The fourth-order valence-corrected chi connectivity index (χ4v) is 11.0. The summed E-state index contributed by atoms with van der Waals surface area (Å²) in [6.45, 7) is 17.7. The lowest BCUT2D eigenvalue weighted by Gasteiger charge is -2.45. The van der Waals surface area contributed by atoms with Gasteiger partial charge in [-0.2, -0.15) is 0 Å². The fourth-order valence-electron chi connectivity index (χ4n) is 4.22. The summed E-state index contributed by atoms with van der Waals surface area (Å²) in [5.41, 5.74) is 5.74. The Bertz CT molecular complexity index is 474. The molecule has 0 saturated heterocycles. The Morgan fingerprint density at radius 1 is 0.952 bits per heavy atom. The quantitative estimate of drug-likeness (QED) is 0.532. The molecular weight excluding hydrogens is 272 g/mol. The van der Waals surface area contributed by atoms with E-state index in [0.29, 0.717) is 16.6 Å². The normalized spacial score (nSPS) is 13.6. The van der Waals surface area contributed by atoms with Crippen LogP contribution in [0, 0.1) is 0 Å². The molecule has 1 nitrogen and oxygen atoms in total. The van der Waals surface area contributed by atoms with E-state index < -0.39 is 14.2 Å². The molecule has 1 aromatic carbocycles. The number of hydrogen-bond donors (Lipinski definition) is 1. The predicted molar refractivity (Wildman–Crippen MR) is 95.1 cm³/mol. The molecule has 21 heavy (non-hydrogen) atoms. The van der Waals surface area contributed by atoms with Crippen molar-refractivity contribution >= 4 is 8.07 Å². The van der Waals surface area contributed by atoms with E-state index in [9.17, 15) is 5.11 Å². The second-order valence-electron chi connectivity index (χ2n) is 6.80. The first kappa shape index (κ1) is 18.0. The molecule has 0 aromatic heterocycles. The van der Waals surface area contributed by atoms with E-state index in [1.807, 2.05) is 30.3 Å². The van der Waals surface area contributed by atoms with Gasteiger partial charge in [0.1, 0.15) is 14.2 Å². The first-order valence-corrected chi connectivity index (χ1v) is 10.2. The summed E-state index contributed by atoms with van der Waals surface area (Å²) in [7, 11) is -1.91. The fraction of sp³-hybridized carbons (Fsp3) is 0.526. The average Bonchev–Trinajstić information content (AvgIpc) is 2.43. The molecule has 0 aliphatic heterocycles. The van der Waals surface area contributed by atoms with E-state index >= 15 is 0 Å². The lowest BCUT2D eigenvalue weighted by molar-refractivity contribution is 0.221. The van der Waals surface area contributed by atoms with Gasteiger partial charge in [0.15, 0.2) is 0 Å². The molecule has 1 N–H and O–H groups in total. The van der Waals surface area contributed by atoms with Crippen molar-refractivity contribution < 1.29 is 5.11 Å². The van der Waals surface area contributed by atoms with Crippen molar-refractivity contribution in [2.75, 3.05) is 0 Å². The SMILES string of the molecule is C=C=C(C(O)c1ccccc1)[Si](C(C)C)(C(C)C)C(C)C. The van der Waals surface area contributed by atoms with Crippen LogP contribution in [0.5, 0.6) is 0 Å². The van der Waals surface area contributed by atoms with Crippen molar-refractivity contribution in [3.8, 4) is 0 Å². The molecule has 0 amide bonds. The summed E-state index contributed by atoms with van der Waals surface area (Å²) in [6.07, 6.45) is -0.581. The Labute approximate surface area is 131 Å². The van der Waals surface area contributed by atoms with Gasteiger partial charge < -0.3 is 5.11 Å². The van der Waals surface area contributed by atoms with Gasteiger partial charge in [-0.05, 0) is 27.4 Å². The average molecular weight is 303 g/mol. The third kappa shape index (κ3) is 3.23. The van der Waals surface area contributed by atoms with Crippen molar-refractivity contribution in [3.05, 3.63) is 53.4 Å². The first-order valence-electron chi connectivity index (χ1n) is 7.93. The van der Waals surface area contributed by atoms with Crippen LogP contribution in [0.15, 0.2) is 47.8 Å². The van der Waals surface area contributed by atoms with Gasteiger partial charge in [0, 0.05) is 0 Å². The third-order valence-corrected chi connectivity index (χ3v) is 12.0. The van der Waals surface area contributed by atoms with Crippen LogP contribution in [0.3, 0.4) is 0 Å². The van der Waals surface area contributed by atoms with Gasteiger partial charge in [-0.1, -0.05) is 78.5 Å². The van der Waals surface area contributed by atoms with E-state index in [0.717, 1.165) is 10.8 Å². The molecule has 116 valence electrons. The predicted octanol–water partition coefficient (Wildman–Crippen LogP) is 5.65. The van der Waals surface area contributed by atoms with Gasteiger partial charge in [0.05, 0.1) is 0 Å². The van der Waals surface area contributed by atoms with Crippen LogP contribution in [-0.4, -0.2) is 13.2 Å². The highest BCUT2D eigenvalue weighted by Crippen LogP contribution is 2.49. The Morgan fingerprint density at radius 3 is 1.71 bits per heavy atom. The third-order valence-electron chi connectivity index (χ3n) is 4.91. The van der Waals surface area contributed by atoms with Gasteiger partial charge in [0.25, 0.3) is 0 Å². The number of rotatable bonds is 6. The van der Waals surface area contributed by atoms with Crippen LogP contribution in [0.4, 0.5) is 0 Å². The molecule has 2 heteroatoms. The first-order chi connectivity index (χ1) is 9.79. The zero-order valence-corrected chi connectivity index (χ0v) is 15.4. The van der Waals surface area contributed by atoms with E-state index in [2.05, 4.69) is 53.9 Å². The zero-order valence-electron chi connectivity index (χ0n) is 14.4. The monoisotopic (exact) mass is 302 g/mol. The maximum atomic E-state index is 11.0. The minimum absolute atomic E-state index is 0.542. The number of benzene rings is 1. The largest absolute Gasteiger partial charge is 0.384 e. The number of aliphatic hydroxyl groups is 1. The van der Waals surface area contributed by atoms with Crippen LogP contribution in [0.25, 0.3) is 0 Å². The van der Waals surface area contributed by atoms with E-state index in [-0.39, 0.29) is 0 Å². The highest BCUT2D eigenvalue weighted by Gasteiger charge is 2.48. The van der Waals surface area contributed by atoms with Gasteiger partial charge in [-0.3, -0.25) is 0 Å². The molecule has 0 aliphatic carbocycles. The second kappa shape index (κ2) is 7.26. The van der Waals surface area contributed by atoms with Gasteiger partial charge in [-0.25, -0.2) is 0 Å².